The Labute approximate surface area is 330 Å². The first-order valence-corrected chi connectivity index (χ1v) is 19.7. The summed E-state index contributed by atoms with van der Waals surface area (Å²) in [5.41, 5.74) is 3.08. The third kappa shape index (κ3) is 12.4. The highest BCUT2D eigenvalue weighted by atomic mass is 16.6. The van der Waals surface area contributed by atoms with E-state index in [1.165, 1.54) is 0 Å². The normalized spacial score (nSPS) is 18.5. The molecular weight excluding hydrogens is 716 g/mol. The Balaban J connectivity index is 1.17. The second-order valence-electron chi connectivity index (χ2n) is 15.3. The molecule has 14 nitrogen and oxygen atoms in total. The van der Waals surface area contributed by atoms with Crippen LogP contribution in [0.2, 0.25) is 0 Å². The summed E-state index contributed by atoms with van der Waals surface area (Å²) < 4.78 is 21.6. The Hall–Kier alpha value is -4.63. The number of carbonyl (C=O) groups excluding carboxylic acids is 3. The van der Waals surface area contributed by atoms with Gasteiger partial charge in [0, 0.05) is 29.9 Å². The van der Waals surface area contributed by atoms with Crippen LogP contribution < -0.4 is 20.9 Å². The summed E-state index contributed by atoms with van der Waals surface area (Å²) in [6, 6.07) is 16.1. The third-order valence-corrected chi connectivity index (χ3v) is 9.83. The van der Waals surface area contributed by atoms with Gasteiger partial charge in [0.05, 0.1) is 58.0 Å². The summed E-state index contributed by atoms with van der Waals surface area (Å²) in [7, 11) is 0. The zero-order chi connectivity index (χ0) is 40.1. The fourth-order valence-electron chi connectivity index (χ4n) is 7.26. The summed E-state index contributed by atoms with van der Waals surface area (Å²) in [6.45, 7) is 11.9. The molecule has 0 spiro atoms. The number of nitrogens with zero attached hydrogens (tertiary/aromatic N) is 3. The van der Waals surface area contributed by atoms with Crippen molar-refractivity contribution < 1.29 is 38.4 Å². The molecule has 3 amide bonds. The van der Waals surface area contributed by atoms with Crippen LogP contribution in [0.4, 0.5) is 16.3 Å². The molecule has 1 saturated heterocycles. The number of anilines is 2. The topological polar surface area (TPSA) is 173 Å². The second-order valence-corrected chi connectivity index (χ2v) is 15.3. The Kier molecular flexibility index (Phi) is 15.6. The van der Waals surface area contributed by atoms with E-state index in [2.05, 4.69) is 20.9 Å². The number of rotatable bonds is 18. The fourth-order valence-corrected chi connectivity index (χ4v) is 7.26. The number of hydrogen-bond acceptors (Lipinski definition) is 11. The van der Waals surface area contributed by atoms with Gasteiger partial charge in [-0.25, -0.2) is 14.8 Å². The molecule has 2 fully saturated rings. The first-order chi connectivity index (χ1) is 26.9. The van der Waals surface area contributed by atoms with Crippen LogP contribution in [-0.2, 0) is 23.7 Å². The summed E-state index contributed by atoms with van der Waals surface area (Å²) in [5.74, 6) is 1.40. The van der Waals surface area contributed by atoms with E-state index >= 15 is 0 Å². The Bertz CT molecular complexity index is 1730. The first-order valence-electron chi connectivity index (χ1n) is 19.7. The van der Waals surface area contributed by atoms with E-state index in [0.717, 1.165) is 43.2 Å². The van der Waals surface area contributed by atoms with Gasteiger partial charge < -0.3 is 39.6 Å². The van der Waals surface area contributed by atoms with Crippen molar-refractivity contribution in [3.05, 3.63) is 71.7 Å². The molecule has 1 aliphatic heterocycles. The summed E-state index contributed by atoms with van der Waals surface area (Å²) in [5, 5.41) is 17.7. The number of hydrogen-bond donors (Lipinski definition) is 4. The van der Waals surface area contributed by atoms with Crippen LogP contribution in [0.1, 0.15) is 87.7 Å². The summed E-state index contributed by atoms with van der Waals surface area (Å²) in [6.07, 6.45) is 4.59. The van der Waals surface area contributed by atoms with Gasteiger partial charge in [-0.05, 0) is 95.2 Å². The lowest BCUT2D eigenvalue weighted by Gasteiger charge is -2.35. The van der Waals surface area contributed by atoms with Crippen LogP contribution in [0.15, 0.2) is 54.6 Å². The molecule has 2 heterocycles. The molecule has 1 aromatic heterocycles. The lowest BCUT2D eigenvalue weighted by molar-refractivity contribution is -0.122. The highest BCUT2D eigenvalue weighted by Crippen LogP contribution is 2.42. The van der Waals surface area contributed by atoms with Gasteiger partial charge in [-0.1, -0.05) is 37.1 Å². The number of benzene rings is 2. The number of ether oxygens (including phenoxy) is 4. The molecule has 14 heteroatoms. The van der Waals surface area contributed by atoms with Crippen molar-refractivity contribution in [3.8, 4) is 11.1 Å². The van der Waals surface area contributed by atoms with Crippen LogP contribution in [0.25, 0.3) is 11.1 Å². The van der Waals surface area contributed by atoms with Crippen LogP contribution in [0.3, 0.4) is 0 Å². The minimum Gasteiger partial charge on any atom is -0.444 e. The fraction of sp³-hybridized carbons (Fsp3) is 0.548. The van der Waals surface area contributed by atoms with Gasteiger partial charge in [-0.3, -0.25) is 14.9 Å². The molecule has 0 unspecified atom stereocenters. The zero-order valence-electron chi connectivity index (χ0n) is 33.3. The van der Waals surface area contributed by atoms with E-state index in [-0.39, 0.29) is 30.5 Å². The number of aryl methyl sites for hydroxylation is 1. The van der Waals surface area contributed by atoms with E-state index < -0.39 is 17.7 Å². The number of aliphatic hydroxyl groups excluding tert-OH is 1. The third-order valence-electron chi connectivity index (χ3n) is 9.83. The quantitative estimate of drug-likeness (QED) is 0.119. The van der Waals surface area contributed by atoms with Crippen LogP contribution >= 0.6 is 0 Å². The van der Waals surface area contributed by atoms with Crippen LogP contribution in [0, 0.1) is 12.8 Å². The predicted molar refractivity (Wildman–Crippen MR) is 214 cm³/mol. The van der Waals surface area contributed by atoms with Crippen molar-refractivity contribution in [3.63, 3.8) is 0 Å². The van der Waals surface area contributed by atoms with Crippen molar-refractivity contribution in [2.45, 2.75) is 90.4 Å². The van der Waals surface area contributed by atoms with E-state index in [1.807, 2.05) is 65.0 Å². The number of fused-ring (bicyclic) bond motifs is 1. The number of aromatic nitrogens is 2. The molecule has 1 aliphatic carbocycles. The molecule has 304 valence electrons. The second kappa shape index (κ2) is 20.5. The molecule has 4 atom stereocenters. The molecule has 56 heavy (non-hydrogen) atoms. The van der Waals surface area contributed by atoms with E-state index in [4.69, 9.17) is 34.0 Å². The molecule has 5 rings (SSSR count). The molecule has 2 aromatic carbocycles. The largest absolute Gasteiger partial charge is 0.444 e. The SMILES string of the molecule is Cc1nc([C@H](C)NC(=O)c2ccc(-c3ccc(NC(=O)OC(C)(C)C)cc3)cc2)cc(N2[C@H](C(=O)NCCOCCOCCOCCO)C[C@@H]3CCCC[C@@H]32)n1. The number of nitrogens with one attached hydrogen (secondary N) is 3. The van der Waals surface area contributed by atoms with Crippen LogP contribution in [-0.4, -0.2) is 103 Å². The highest BCUT2D eigenvalue weighted by molar-refractivity contribution is 5.95. The van der Waals surface area contributed by atoms with Crippen molar-refractivity contribution >= 4 is 29.4 Å². The summed E-state index contributed by atoms with van der Waals surface area (Å²) in [4.78, 5) is 50.9. The van der Waals surface area contributed by atoms with Gasteiger partial charge in [0.2, 0.25) is 5.91 Å². The maximum Gasteiger partial charge on any atom is 0.412 e. The van der Waals surface area contributed by atoms with Gasteiger partial charge in [0.15, 0.2) is 0 Å². The smallest absolute Gasteiger partial charge is 0.412 e. The lowest BCUT2D eigenvalue weighted by Crippen LogP contribution is -2.48. The maximum atomic E-state index is 13.7. The van der Waals surface area contributed by atoms with Gasteiger partial charge in [-0.15, -0.1) is 0 Å². The van der Waals surface area contributed by atoms with Crippen LogP contribution in [0.5, 0.6) is 0 Å². The molecule has 0 bridgehead atoms. The van der Waals surface area contributed by atoms with E-state index in [1.54, 1.807) is 24.3 Å². The van der Waals surface area contributed by atoms with Gasteiger partial charge in [0.1, 0.15) is 23.3 Å². The highest BCUT2D eigenvalue weighted by Gasteiger charge is 2.46. The molecule has 3 aromatic rings. The molecule has 2 aliphatic rings. The van der Waals surface area contributed by atoms with Gasteiger partial charge in [-0.2, -0.15) is 0 Å². The minimum absolute atomic E-state index is 0.00971. The Morgan fingerprint density at radius 1 is 0.875 bits per heavy atom. The van der Waals surface area contributed by atoms with Crippen molar-refractivity contribution in [1.82, 2.24) is 20.6 Å². The number of carbonyl (C=O) groups is 3. The standard InChI is InChI=1S/C42H58N6O8/c1-28(44-39(50)32-12-10-30(11-13-32)31-14-16-34(17-15-31)47-41(52)56-42(3,4)5)35-27-38(46-29(2)45-35)48-36-9-7-6-8-33(36)26-37(48)40(51)43-18-20-53-22-24-55-25-23-54-21-19-49/h10-17,27-28,33,36-37,49H,6-9,18-26H2,1-5H3,(H,43,51)(H,44,50)(H,47,52)/t28-,33-,36-,37-/m0/s1. The number of amides is 3. The average molecular weight is 775 g/mol. The number of aliphatic hydroxyl groups is 1. The average Bonchev–Trinajstić information content (AvgIpc) is 3.56. The maximum absolute atomic E-state index is 13.7. The van der Waals surface area contributed by atoms with E-state index in [9.17, 15) is 14.4 Å². The summed E-state index contributed by atoms with van der Waals surface area (Å²) >= 11 is 0. The first kappa shape index (κ1) is 42.5. The lowest BCUT2D eigenvalue weighted by atomic mass is 9.84. The molecule has 0 radical (unpaired) electrons. The monoisotopic (exact) mass is 774 g/mol. The van der Waals surface area contributed by atoms with Crippen molar-refractivity contribution in [2.24, 2.45) is 5.92 Å². The Morgan fingerprint density at radius 2 is 1.50 bits per heavy atom. The molecule has 4 N–H and O–H groups in total. The molecule has 1 saturated carbocycles. The van der Waals surface area contributed by atoms with Crippen molar-refractivity contribution in [1.29, 1.82) is 0 Å². The van der Waals surface area contributed by atoms with Gasteiger partial charge >= 0.3 is 6.09 Å². The zero-order valence-corrected chi connectivity index (χ0v) is 33.3. The predicted octanol–water partition coefficient (Wildman–Crippen LogP) is 5.59. The Morgan fingerprint density at radius 3 is 2.16 bits per heavy atom. The molecular formula is C42H58N6O8. The van der Waals surface area contributed by atoms with Gasteiger partial charge in [0.25, 0.3) is 5.91 Å². The minimum atomic E-state index is -0.587. The van der Waals surface area contributed by atoms with Crippen molar-refractivity contribution in [2.75, 3.05) is 63.0 Å². The van der Waals surface area contributed by atoms with E-state index in [0.29, 0.717) is 80.7 Å².